The number of alkyl halides is 1. The summed E-state index contributed by atoms with van der Waals surface area (Å²) in [7, 11) is 0. The Morgan fingerprint density at radius 1 is 1.06 bits per heavy atom. The zero-order valence-corrected chi connectivity index (χ0v) is 22.1. The minimum absolute atomic E-state index is 0.0540. The number of ether oxygens (including phenoxy) is 2. The van der Waals surface area contributed by atoms with Crippen LogP contribution >= 0.6 is 11.6 Å². The normalized spacial score (nSPS) is 52.5. The summed E-state index contributed by atoms with van der Waals surface area (Å²) in [6, 6.07) is 0. The highest BCUT2D eigenvalue weighted by Gasteiger charge is 2.83. The molecule has 190 valence electrons. The fourth-order valence-electron chi connectivity index (χ4n) is 9.99. The summed E-state index contributed by atoms with van der Waals surface area (Å²) in [5.41, 5.74) is 1.57. The summed E-state index contributed by atoms with van der Waals surface area (Å²) in [6.45, 7) is 12.4. The van der Waals surface area contributed by atoms with Crippen molar-refractivity contribution in [3.05, 3.63) is 47.1 Å². The lowest BCUT2D eigenvalue weighted by Gasteiger charge is -2.44. The molecule has 2 saturated carbocycles. The van der Waals surface area contributed by atoms with E-state index in [0.29, 0.717) is 18.4 Å². The molecular weight excluding hydrogens is 476 g/mol. The summed E-state index contributed by atoms with van der Waals surface area (Å²) in [5.74, 6) is -0.889. The molecule has 2 bridgehead atoms. The fraction of sp³-hybridized carbons (Fsp3) is 0.633. The van der Waals surface area contributed by atoms with Gasteiger partial charge in [0.05, 0.1) is 10.3 Å². The summed E-state index contributed by atoms with van der Waals surface area (Å²) >= 11 is 7.45. The molecule has 10 atom stereocenters. The SMILES string of the molecule is C=C1C(=O)OC2C1CC[C@](C)(Cl)C13C=C[C@](C)(C21)C1(C3)C(=O)OC2C3C(C)=CC(=O)C3=C(C)CCC21. The molecule has 0 aromatic rings. The lowest BCUT2D eigenvalue weighted by atomic mass is 9.55. The Bertz CT molecular complexity index is 1270. The van der Waals surface area contributed by atoms with Gasteiger partial charge in [0, 0.05) is 45.6 Å². The first-order chi connectivity index (χ1) is 16.9. The highest BCUT2D eigenvalue weighted by Crippen LogP contribution is 2.81. The third kappa shape index (κ3) is 2.26. The van der Waals surface area contributed by atoms with Crippen LogP contribution in [0.3, 0.4) is 0 Å². The summed E-state index contributed by atoms with van der Waals surface area (Å²) in [5, 5.41) is 0. The maximum Gasteiger partial charge on any atom is 0.334 e. The molecule has 0 aromatic heterocycles. The van der Waals surface area contributed by atoms with Crippen LogP contribution in [0.25, 0.3) is 0 Å². The molecule has 7 rings (SSSR count). The molecule has 5 nitrogen and oxygen atoms in total. The number of carbonyl (C=O) groups is 3. The highest BCUT2D eigenvalue weighted by molar-refractivity contribution is 6.24. The number of allylic oxidation sites excluding steroid dienone is 4. The van der Waals surface area contributed by atoms with Crippen LogP contribution in [0.1, 0.15) is 59.8 Å². The Kier molecular flexibility index (Phi) is 4.25. The second-order valence-electron chi connectivity index (χ2n) is 13.0. The summed E-state index contributed by atoms with van der Waals surface area (Å²) in [4.78, 5) is 39.3. The van der Waals surface area contributed by atoms with E-state index in [1.165, 1.54) is 0 Å². The van der Waals surface area contributed by atoms with E-state index in [9.17, 15) is 14.4 Å². The van der Waals surface area contributed by atoms with Gasteiger partial charge in [0.25, 0.3) is 0 Å². The second kappa shape index (κ2) is 6.64. The summed E-state index contributed by atoms with van der Waals surface area (Å²) < 4.78 is 12.4. The average molecular weight is 509 g/mol. The van der Waals surface area contributed by atoms with Crippen molar-refractivity contribution in [1.82, 2.24) is 0 Å². The third-order valence-electron chi connectivity index (χ3n) is 11.7. The van der Waals surface area contributed by atoms with E-state index >= 15 is 0 Å². The van der Waals surface area contributed by atoms with Crippen LogP contribution in [-0.4, -0.2) is 34.8 Å². The number of hydrogen-bond donors (Lipinski definition) is 0. The van der Waals surface area contributed by atoms with Crippen molar-refractivity contribution in [1.29, 1.82) is 0 Å². The average Bonchev–Trinajstić information content (AvgIpc) is 3.47. The number of esters is 2. The Morgan fingerprint density at radius 3 is 2.56 bits per heavy atom. The summed E-state index contributed by atoms with van der Waals surface area (Å²) in [6.07, 6.45) is 9.06. The van der Waals surface area contributed by atoms with Gasteiger partial charge in [0.2, 0.25) is 0 Å². The molecule has 1 spiro atoms. The molecule has 2 aliphatic heterocycles. The minimum atomic E-state index is -0.785. The van der Waals surface area contributed by atoms with Gasteiger partial charge in [-0.15, -0.1) is 11.6 Å². The van der Waals surface area contributed by atoms with E-state index in [1.54, 1.807) is 6.08 Å². The Labute approximate surface area is 217 Å². The molecule has 7 aliphatic rings. The van der Waals surface area contributed by atoms with Crippen molar-refractivity contribution >= 4 is 29.3 Å². The number of ketones is 1. The molecule has 0 amide bonds. The van der Waals surface area contributed by atoms with Crippen molar-refractivity contribution in [3.63, 3.8) is 0 Å². The molecule has 2 saturated heterocycles. The van der Waals surface area contributed by atoms with Crippen molar-refractivity contribution in [3.8, 4) is 0 Å². The molecule has 0 radical (unpaired) electrons. The van der Waals surface area contributed by atoms with Crippen molar-refractivity contribution < 1.29 is 23.9 Å². The molecule has 2 heterocycles. The maximum absolute atomic E-state index is 14.2. The molecular formula is C30H33ClO5. The number of halogens is 1. The van der Waals surface area contributed by atoms with Crippen LogP contribution in [0.4, 0.5) is 0 Å². The van der Waals surface area contributed by atoms with Crippen LogP contribution in [0, 0.1) is 39.9 Å². The van der Waals surface area contributed by atoms with Crippen molar-refractivity contribution in [2.45, 2.75) is 76.9 Å². The first-order valence-corrected chi connectivity index (χ1v) is 13.7. The van der Waals surface area contributed by atoms with E-state index in [0.717, 1.165) is 36.0 Å². The first-order valence-electron chi connectivity index (χ1n) is 13.3. The van der Waals surface area contributed by atoms with Gasteiger partial charge < -0.3 is 9.47 Å². The van der Waals surface area contributed by atoms with Crippen LogP contribution in [-0.2, 0) is 23.9 Å². The van der Waals surface area contributed by atoms with Crippen molar-refractivity contribution in [2.75, 3.05) is 0 Å². The Morgan fingerprint density at radius 2 is 1.81 bits per heavy atom. The second-order valence-corrected chi connectivity index (χ2v) is 13.8. The molecule has 0 aromatic carbocycles. The maximum atomic E-state index is 14.2. The number of carbonyl (C=O) groups excluding carboxylic acids is 3. The predicted molar refractivity (Wildman–Crippen MR) is 134 cm³/mol. The van der Waals surface area contributed by atoms with Crippen LogP contribution in [0.5, 0.6) is 0 Å². The number of hydrogen-bond acceptors (Lipinski definition) is 5. The Hall–Kier alpha value is -2.14. The van der Waals surface area contributed by atoms with E-state index in [2.05, 4.69) is 39.5 Å². The van der Waals surface area contributed by atoms with E-state index < -0.39 is 21.1 Å². The molecule has 36 heavy (non-hydrogen) atoms. The van der Waals surface area contributed by atoms with Gasteiger partial charge in [-0.1, -0.05) is 36.8 Å². The molecule has 4 fully saturated rings. The fourth-order valence-corrected chi connectivity index (χ4v) is 10.4. The van der Waals surface area contributed by atoms with E-state index in [-0.39, 0.29) is 53.6 Å². The van der Waals surface area contributed by atoms with Crippen LogP contribution in [0.2, 0.25) is 0 Å². The molecule has 5 aliphatic carbocycles. The zero-order valence-electron chi connectivity index (χ0n) is 21.4. The lowest BCUT2D eigenvalue weighted by molar-refractivity contribution is -0.155. The van der Waals surface area contributed by atoms with E-state index in [1.807, 2.05) is 6.92 Å². The Balaban J connectivity index is 1.41. The zero-order chi connectivity index (χ0) is 25.6. The third-order valence-corrected chi connectivity index (χ3v) is 12.3. The van der Waals surface area contributed by atoms with Gasteiger partial charge >= 0.3 is 11.9 Å². The monoisotopic (exact) mass is 508 g/mol. The van der Waals surface area contributed by atoms with Gasteiger partial charge in [-0.2, -0.15) is 0 Å². The van der Waals surface area contributed by atoms with E-state index in [4.69, 9.17) is 21.1 Å². The number of rotatable bonds is 0. The standard InChI is InChI=1S/C30H33ClO5/c1-14-6-7-18-23(21-15(2)12-19(32)20(14)21)36-26(34)30(18)13-29-11-10-27(30,4)24(29)22-17(8-9-28(29,5)31)16(3)25(33)35-22/h10-12,17-18,21-24H,3,6-9,13H2,1-2,4-5H3/t17?,18?,21?,22?,23?,24?,27-,28+,29?,30?/m1/s1. The quantitative estimate of drug-likeness (QED) is 0.194. The van der Waals surface area contributed by atoms with Gasteiger partial charge in [0.1, 0.15) is 12.2 Å². The van der Waals surface area contributed by atoms with Gasteiger partial charge in [-0.3, -0.25) is 9.59 Å². The predicted octanol–water partition coefficient (Wildman–Crippen LogP) is 5.24. The van der Waals surface area contributed by atoms with Crippen LogP contribution < -0.4 is 0 Å². The molecule has 6 heteroatoms. The van der Waals surface area contributed by atoms with Gasteiger partial charge in [0.15, 0.2) is 5.78 Å². The smallest absolute Gasteiger partial charge is 0.334 e. The molecule has 8 unspecified atom stereocenters. The first kappa shape index (κ1) is 23.0. The number of fused-ring (bicyclic) bond motifs is 6. The minimum Gasteiger partial charge on any atom is -0.461 e. The largest absolute Gasteiger partial charge is 0.461 e. The topological polar surface area (TPSA) is 69.7 Å². The lowest BCUT2D eigenvalue weighted by Crippen LogP contribution is -2.49. The molecule has 0 N–H and O–H groups in total. The van der Waals surface area contributed by atoms with Gasteiger partial charge in [-0.25, -0.2) is 4.79 Å². The highest BCUT2D eigenvalue weighted by atomic mass is 35.5. The van der Waals surface area contributed by atoms with Gasteiger partial charge in [-0.05, 0) is 59.0 Å². The van der Waals surface area contributed by atoms with Crippen LogP contribution in [0.15, 0.2) is 47.1 Å². The van der Waals surface area contributed by atoms with Crippen molar-refractivity contribution in [2.24, 2.45) is 39.9 Å².